The minimum absolute atomic E-state index is 0.198. The largest absolute Gasteiger partial charge is 0.585 e. The SMILES string of the molecule is COC(=O)C(Cc1ccc(O)cc1)[N+]1=C[B]O1. The van der Waals surface area contributed by atoms with Crippen LogP contribution in [-0.4, -0.2) is 42.6 Å². The molecule has 0 saturated heterocycles. The first kappa shape index (κ1) is 11.5. The van der Waals surface area contributed by atoms with Crippen molar-refractivity contribution in [2.75, 3.05) is 7.11 Å². The average Bonchev–Trinajstić information content (AvgIpc) is 2.27. The summed E-state index contributed by atoms with van der Waals surface area (Å²) in [6, 6.07) is 6.17. The van der Waals surface area contributed by atoms with Crippen molar-refractivity contribution in [2.45, 2.75) is 12.5 Å². The molecule has 1 atom stereocenters. The van der Waals surface area contributed by atoms with Gasteiger partial charge in [-0.3, -0.25) is 0 Å². The predicted molar refractivity (Wildman–Crippen MR) is 60.8 cm³/mol. The van der Waals surface area contributed by atoms with Crippen LogP contribution in [0.25, 0.3) is 0 Å². The zero-order chi connectivity index (χ0) is 12.3. The molecule has 1 aromatic rings. The second-order valence-corrected chi connectivity index (χ2v) is 3.66. The van der Waals surface area contributed by atoms with Gasteiger partial charge in [0.1, 0.15) is 5.75 Å². The number of methoxy groups -OCH3 is 1. The summed E-state index contributed by atoms with van der Waals surface area (Å²) in [5, 5.41) is 9.17. The summed E-state index contributed by atoms with van der Waals surface area (Å²) in [5.41, 5.74) is 0.919. The number of ether oxygens (including phenoxy) is 1. The molecule has 87 valence electrons. The maximum atomic E-state index is 11.6. The Kier molecular flexibility index (Phi) is 3.32. The Morgan fingerprint density at radius 2 is 2.18 bits per heavy atom. The van der Waals surface area contributed by atoms with Crippen molar-refractivity contribution in [3.05, 3.63) is 29.8 Å². The van der Waals surface area contributed by atoms with Gasteiger partial charge in [-0.1, -0.05) is 12.1 Å². The van der Waals surface area contributed by atoms with Crippen molar-refractivity contribution in [3.8, 4) is 5.75 Å². The van der Waals surface area contributed by atoms with Crippen LogP contribution >= 0.6 is 0 Å². The van der Waals surface area contributed by atoms with E-state index in [0.717, 1.165) is 5.56 Å². The Balaban J connectivity index is 2.12. The summed E-state index contributed by atoms with van der Waals surface area (Å²) in [6.07, 6.45) is 2.12. The summed E-state index contributed by atoms with van der Waals surface area (Å²) in [5.74, 6) is -0.161. The highest BCUT2D eigenvalue weighted by Gasteiger charge is 2.37. The number of aromatic hydroxyl groups is 1. The number of phenolic OH excluding ortho intramolecular Hbond substituents is 1. The Bertz CT molecular complexity index is 443. The molecule has 0 aromatic heterocycles. The lowest BCUT2D eigenvalue weighted by Gasteiger charge is -2.15. The van der Waals surface area contributed by atoms with Crippen molar-refractivity contribution in [3.63, 3.8) is 0 Å². The molecule has 2 rings (SSSR count). The zero-order valence-electron chi connectivity index (χ0n) is 9.37. The molecule has 0 bridgehead atoms. The minimum atomic E-state index is -0.505. The highest BCUT2D eigenvalue weighted by atomic mass is 16.6. The van der Waals surface area contributed by atoms with Crippen LogP contribution in [0.1, 0.15) is 5.56 Å². The van der Waals surface area contributed by atoms with E-state index in [0.29, 0.717) is 6.42 Å². The van der Waals surface area contributed by atoms with Gasteiger partial charge in [-0.25, -0.2) is 4.79 Å². The molecule has 17 heavy (non-hydrogen) atoms. The number of phenols is 1. The standard InChI is InChI=1S/C11H11BNO4/c1-16-11(15)10(13-7-12-17-13)6-8-2-4-9(14)5-3-8/h2-5,7,10H,6H2,1H3/p+1. The predicted octanol–water partition coefficient (Wildman–Crippen LogP) is 0.0815. The smallest absolute Gasteiger partial charge is 0.508 e. The number of hydrogen-bond acceptors (Lipinski definition) is 4. The highest BCUT2D eigenvalue weighted by Crippen LogP contribution is 2.13. The summed E-state index contributed by atoms with van der Waals surface area (Å²) < 4.78 is 11.2. The fraction of sp³-hybridized carbons (Fsp3) is 0.273. The molecule has 0 spiro atoms. The Labute approximate surface area is 99.5 Å². The van der Waals surface area contributed by atoms with Crippen molar-refractivity contribution >= 4 is 19.6 Å². The van der Waals surface area contributed by atoms with Crippen LogP contribution in [0.5, 0.6) is 5.75 Å². The van der Waals surface area contributed by atoms with E-state index in [4.69, 9.17) is 9.49 Å². The van der Waals surface area contributed by atoms with Crippen molar-refractivity contribution in [2.24, 2.45) is 0 Å². The number of benzene rings is 1. The number of hydroxylamine groups is 1. The van der Waals surface area contributed by atoms with Crippen molar-refractivity contribution in [1.29, 1.82) is 0 Å². The van der Waals surface area contributed by atoms with Crippen LogP contribution in [0.3, 0.4) is 0 Å². The maximum absolute atomic E-state index is 11.6. The molecule has 1 N–H and O–H groups in total. The third-order valence-corrected chi connectivity index (χ3v) is 2.54. The van der Waals surface area contributed by atoms with E-state index in [1.54, 1.807) is 30.4 Å². The average molecular weight is 233 g/mol. The van der Waals surface area contributed by atoms with Crippen LogP contribution in [0, 0.1) is 0 Å². The number of hydrogen-bond donors (Lipinski definition) is 1. The highest BCUT2D eigenvalue weighted by molar-refractivity contribution is 6.62. The topological polar surface area (TPSA) is 58.8 Å². The first-order valence-corrected chi connectivity index (χ1v) is 5.18. The summed E-state index contributed by atoms with van der Waals surface area (Å²) >= 11 is 0. The Hall–Kier alpha value is -1.98. The summed E-state index contributed by atoms with van der Waals surface area (Å²) in [7, 11) is 2.84. The zero-order valence-corrected chi connectivity index (χ0v) is 9.37. The van der Waals surface area contributed by atoms with E-state index < -0.39 is 6.04 Å². The van der Waals surface area contributed by atoms with Gasteiger partial charge < -0.3 is 14.6 Å². The number of rotatable bonds is 4. The van der Waals surface area contributed by atoms with Gasteiger partial charge >= 0.3 is 13.5 Å². The molecule has 1 aliphatic heterocycles. The number of carbonyl (C=O) groups excluding carboxylic acids is 1. The molecule has 0 fully saturated rings. The number of nitrogens with zero attached hydrogens (tertiary/aromatic N) is 1. The molecule has 1 aliphatic rings. The van der Waals surface area contributed by atoms with Crippen molar-refractivity contribution < 1.29 is 24.1 Å². The van der Waals surface area contributed by atoms with E-state index in [9.17, 15) is 9.90 Å². The van der Waals surface area contributed by atoms with Gasteiger partial charge in [0.15, 0.2) is 0 Å². The van der Waals surface area contributed by atoms with Gasteiger partial charge in [0, 0.05) is 0 Å². The van der Waals surface area contributed by atoms with Crippen LogP contribution < -0.4 is 0 Å². The van der Waals surface area contributed by atoms with E-state index in [1.807, 2.05) is 0 Å². The first-order chi connectivity index (χ1) is 8.20. The lowest BCUT2D eigenvalue weighted by molar-refractivity contribution is -0.776. The monoisotopic (exact) mass is 233 g/mol. The summed E-state index contributed by atoms with van der Waals surface area (Å²) in [6.45, 7) is 0. The van der Waals surface area contributed by atoms with Crippen LogP contribution in [-0.2, 0) is 20.7 Å². The van der Waals surface area contributed by atoms with Gasteiger partial charge in [-0.15, -0.1) is 0 Å². The molecule has 1 heterocycles. The fourth-order valence-corrected chi connectivity index (χ4v) is 1.58. The normalized spacial score (nSPS) is 14.8. The molecule has 0 amide bonds. The second-order valence-electron chi connectivity index (χ2n) is 3.66. The van der Waals surface area contributed by atoms with Gasteiger partial charge in [0.2, 0.25) is 6.11 Å². The van der Waals surface area contributed by atoms with E-state index in [2.05, 4.69) is 0 Å². The van der Waals surface area contributed by atoms with Gasteiger partial charge in [0.25, 0.3) is 6.04 Å². The quantitative estimate of drug-likeness (QED) is 0.454. The van der Waals surface area contributed by atoms with Gasteiger partial charge in [-0.05, 0) is 22.4 Å². The second kappa shape index (κ2) is 4.90. The molecule has 1 aromatic carbocycles. The lowest BCUT2D eigenvalue weighted by Crippen LogP contribution is -2.45. The molecule has 0 saturated carbocycles. The molecular formula is C11H12BNO4+. The lowest BCUT2D eigenvalue weighted by atomic mass is 10.00. The van der Waals surface area contributed by atoms with Crippen LogP contribution in [0.2, 0.25) is 0 Å². The molecule has 5 nitrogen and oxygen atoms in total. The molecule has 1 unspecified atom stereocenters. The van der Waals surface area contributed by atoms with Crippen LogP contribution in [0.15, 0.2) is 24.3 Å². The molecular weight excluding hydrogens is 221 g/mol. The Morgan fingerprint density at radius 1 is 1.53 bits per heavy atom. The summed E-state index contributed by atoms with van der Waals surface area (Å²) in [4.78, 5) is 11.6. The third kappa shape index (κ3) is 2.58. The van der Waals surface area contributed by atoms with E-state index in [-0.39, 0.29) is 11.7 Å². The maximum Gasteiger partial charge on any atom is 0.585 e. The third-order valence-electron chi connectivity index (χ3n) is 2.54. The van der Waals surface area contributed by atoms with Gasteiger partial charge in [0.05, 0.1) is 13.5 Å². The van der Waals surface area contributed by atoms with Crippen molar-refractivity contribution in [1.82, 2.24) is 0 Å². The molecule has 6 heteroatoms. The Morgan fingerprint density at radius 3 is 2.65 bits per heavy atom. The van der Waals surface area contributed by atoms with E-state index in [1.165, 1.54) is 19.3 Å². The number of esters is 1. The fourth-order valence-electron chi connectivity index (χ4n) is 1.58. The number of carbonyl (C=O) groups is 1. The van der Waals surface area contributed by atoms with E-state index >= 15 is 0 Å². The molecule has 0 aliphatic carbocycles. The van der Waals surface area contributed by atoms with Gasteiger partial charge in [-0.2, -0.15) is 0 Å². The first-order valence-electron chi connectivity index (χ1n) is 5.18. The minimum Gasteiger partial charge on any atom is -0.508 e. The van der Waals surface area contributed by atoms with Crippen LogP contribution in [0.4, 0.5) is 0 Å². The molecule has 1 radical (unpaired) electrons.